The van der Waals surface area contributed by atoms with Crippen LogP contribution in [-0.2, 0) is 12.8 Å². The second kappa shape index (κ2) is 9.08. The quantitative estimate of drug-likeness (QED) is 0.281. The monoisotopic (exact) mass is 437 g/mol. The molecule has 32 heavy (non-hydrogen) atoms. The van der Waals surface area contributed by atoms with Crippen LogP contribution in [0.15, 0.2) is 95.7 Å². The molecular formula is C26H19N3O2S. The highest BCUT2D eigenvalue weighted by Gasteiger charge is 2.11. The van der Waals surface area contributed by atoms with E-state index in [1.54, 1.807) is 12.4 Å². The van der Waals surface area contributed by atoms with Gasteiger partial charge in [0.05, 0.1) is 0 Å². The van der Waals surface area contributed by atoms with Gasteiger partial charge in [0.25, 0.3) is 0 Å². The summed E-state index contributed by atoms with van der Waals surface area (Å²) in [5, 5.41) is 0. The van der Waals surface area contributed by atoms with Gasteiger partial charge in [0, 0.05) is 41.4 Å². The van der Waals surface area contributed by atoms with Crippen molar-refractivity contribution >= 4 is 28.3 Å². The maximum absolute atomic E-state index is 5.85. The molecule has 0 atom stereocenters. The highest BCUT2D eigenvalue weighted by atomic mass is 32.1. The van der Waals surface area contributed by atoms with Crippen LogP contribution < -0.4 is 4.74 Å². The zero-order valence-electron chi connectivity index (χ0n) is 17.1. The molecule has 0 aliphatic carbocycles. The number of fused-ring (bicyclic) bond motifs is 1. The Morgan fingerprint density at radius 3 is 2.44 bits per heavy atom. The molecular weight excluding hydrogens is 418 g/mol. The van der Waals surface area contributed by atoms with Gasteiger partial charge in [-0.2, -0.15) is 4.98 Å². The fourth-order valence-electron chi connectivity index (χ4n) is 3.39. The molecule has 5 aromatic rings. The predicted molar refractivity (Wildman–Crippen MR) is 128 cm³/mol. The van der Waals surface area contributed by atoms with Crippen LogP contribution in [0.25, 0.3) is 22.7 Å². The van der Waals surface area contributed by atoms with Crippen LogP contribution in [0, 0.1) is 0 Å². The number of ether oxygens (including phenoxy) is 1. The molecule has 0 aliphatic rings. The standard InChI is InChI=1S/C26H19N3O2S/c32-23(15-18-8-10-22(11-9-18)30-21-5-2-1-3-6-21)17-20-16-19(12-14-27-20)26-29-25-24(31-26)7-4-13-28-25/h1-14,16H,15,17H2. The molecule has 156 valence electrons. The van der Waals surface area contributed by atoms with Gasteiger partial charge in [-0.1, -0.05) is 42.5 Å². The number of para-hydroxylation sites is 1. The van der Waals surface area contributed by atoms with Crippen molar-refractivity contribution in [1.29, 1.82) is 0 Å². The number of pyridine rings is 2. The molecule has 0 N–H and O–H groups in total. The van der Waals surface area contributed by atoms with Gasteiger partial charge in [-0.25, -0.2) is 4.98 Å². The summed E-state index contributed by atoms with van der Waals surface area (Å²) in [6.45, 7) is 0. The minimum Gasteiger partial charge on any atom is -0.457 e. The second-order valence-electron chi connectivity index (χ2n) is 7.33. The lowest BCUT2D eigenvalue weighted by molar-refractivity contribution is 0.482. The van der Waals surface area contributed by atoms with Crippen LogP contribution >= 0.6 is 12.2 Å². The first-order valence-electron chi connectivity index (χ1n) is 10.2. The molecule has 2 aromatic carbocycles. The Labute approximate surface area is 190 Å². The topological polar surface area (TPSA) is 61.0 Å². The predicted octanol–water partition coefficient (Wildman–Crippen LogP) is 6.23. The zero-order chi connectivity index (χ0) is 21.8. The van der Waals surface area contributed by atoms with E-state index >= 15 is 0 Å². The second-order valence-corrected chi connectivity index (χ2v) is 7.91. The van der Waals surface area contributed by atoms with Crippen molar-refractivity contribution < 1.29 is 9.15 Å². The van der Waals surface area contributed by atoms with Gasteiger partial charge in [0.1, 0.15) is 11.5 Å². The van der Waals surface area contributed by atoms with E-state index in [-0.39, 0.29) is 0 Å². The summed E-state index contributed by atoms with van der Waals surface area (Å²) in [6.07, 6.45) is 4.75. The van der Waals surface area contributed by atoms with Crippen molar-refractivity contribution in [3.05, 3.63) is 103 Å². The van der Waals surface area contributed by atoms with Crippen LogP contribution in [0.2, 0.25) is 0 Å². The summed E-state index contributed by atoms with van der Waals surface area (Å²) in [5.74, 6) is 2.15. The zero-order valence-corrected chi connectivity index (χ0v) is 18.0. The van der Waals surface area contributed by atoms with E-state index in [1.807, 2.05) is 78.9 Å². The Hall–Kier alpha value is -3.90. The molecule has 3 heterocycles. The highest BCUT2D eigenvalue weighted by Crippen LogP contribution is 2.24. The smallest absolute Gasteiger partial charge is 0.229 e. The number of benzene rings is 2. The number of thiocarbonyl (C=S) groups is 1. The average Bonchev–Trinajstić information content (AvgIpc) is 3.26. The lowest BCUT2D eigenvalue weighted by Gasteiger charge is -2.08. The van der Waals surface area contributed by atoms with Crippen molar-refractivity contribution in [3.8, 4) is 23.0 Å². The van der Waals surface area contributed by atoms with Crippen LogP contribution in [-0.4, -0.2) is 19.8 Å². The Bertz CT molecular complexity index is 1330. The molecule has 0 saturated carbocycles. The first kappa shape index (κ1) is 20.0. The van der Waals surface area contributed by atoms with Crippen molar-refractivity contribution in [2.24, 2.45) is 0 Å². The third-order valence-electron chi connectivity index (χ3n) is 4.91. The summed E-state index contributed by atoms with van der Waals surface area (Å²) >= 11 is 5.65. The first-order valence-corrected chi connectivity index (χ1v) is 10.6. The SMILES string of the molecule is S=C(Cc1ccc(Oc2ccccc2)cc1)Cc1cc(-c2nc3ncccc3o2)ccn1. The fraction of sp³-hybridized carbons (Fsp3) is 0.0769. The van der Waals surface area contributed by atoms with E-state index in [0.717, 1.165) is 33.2 Å². The Balaban J connectivity index is 1.24. The van der Waals surface area contributed by atoms with Crippen LogP contribution in [0.5, 0.6) is 11.5 Å². The molecule has 0 unspecified atom stereocenters. The molecule has 5 rings (SSSR count). The minimum atomic E-state index is 0.530. The molecule has 0 saturated heterocycles. The number of oxazole rings is 1. The molecule has 0 aliphatic heterocycles. The van der Waals surface area contributed by atoms with Gasteiger partial charge >= 0.3 is 0 Å². The molecule has 0 bridgehead atoms. The number of hydrogen-bond acceptors (Lipinski definition) is 6. The number of rotatable bonds is 7. The number of hydrogen-bond donors (Lipinski definition) is 0. The van der Waals surface area contributed by atoms with Crippen molar-refractivity contribution in [2.45, 2.75) is 12.8 Å². The largest absolute Gasteiger partial charge is 0.457 e. The van der Waals surface area contributed by atoms with Crippen molar-refractivity contribution in [2.75, 3.05) is 0 Å². The van der Waals surface area contributed by atoms with Crippen LogP contribution in [0.3, 0.4) is 0 Å². The Morgan fingerprint density at radius 1 is 0.812 bits per heavy atom. The Morgan fingerprint density at radius 2 is 1.62 bits per heavy atom. The molecule has 5 nitrogen and oxygen atoms in total. The first-order chi connectivity index (χ1) is 15.7. The van der Waals surface area contributed by atoms with Gasteiger partial charge in [-0.05, 0) is 54.1 Å². The lowest BCUT2D eigenvalue weighted by Crippen LogP contribution is -2.05. The molecule has 0 amide bonds. The van der Waals surface area contributed by atoms with Gasteiger partial charge in [-0.3, -0.25) is 4.98 Å². The van der Waals surface area contributed by atoms with Crippen LogP contribution in [0.1, 0.15) is 11.3 Å². The fourth-order valence-corrected chi connectivity index (χ4v) is 3.71. The average molecular weight is 438 g/mol. The summed E-state index contributed by atoms with van der Waals surface area (Å²) in [6, 6.07) is 25.3. The lowest BCUT2D eigenvalue weighted by atomic mass is 10.1. The summed E-state index contributed by atoms with van der Waals surface area (Å²) in [7, 11) is 0. The van der Waals surface area contributed by atoms with Crippen molar-refractivity contribution in [3.63, 3.8) is 0 Å². The van der Waals surface area contributed by atoms with Gasteiger partial charge in [0.15, 0.2) is 11.2 Å². The molecule has 0 radical (unpaired) electrons. The van der Waals surface area contributed by atoms with E-state index in [2.05, 4.69) is 15.0 Å². The van der Waals surface area contributed by atoms with E-state index in [9.17, 15) is 0 Å². The third-order valence-corrected chi connectivity index (χ3v) is 5.20. The molecule has 0 fully saturated rings. The minimum absolute atomic E-state index is 0.530. The van der Waals surface area contributed by atoms with E-state index in [4.69, 9.17) is 21.4 Å². The van der Waals surface area contributed by atoms with Gasteiger partial charge < -0.3 is 9.15 Å². The molecule has 6 heteroatoms. The van der Waals surface area contributed by atoms with E-state index in [0.29, 0.717) is 30.0 Å². The van der Waals surface area contributed by atoms with Gasteiger partial charge in [0.2, 0.25) is 5.89 Å². The normalized spacial score (nSPS) is 10.9. The molecule has 3 aromatic heterocycles. The maximum atomic E-state index is 5.85. The number of aromatic nitrogens is 3. The third kappa shape index (κ3) is 4.71. The highest BCUT2D eigenvalue weighted by molar-refractivity contribution is 7.80. The maximum Gasteiger partial charge on any atom is 0.229 e. The summed E-state index contributed by atoms with van der Waals surface area (Å²) in [4.78, 5) is 14.1. The Kier molecular flexibility index (Phi) is 5.68. The summed E-state index contributed by atoms with van der Waals surface area (Å²) < 4.78 is 11.7. The number of nitrogens with zero attached hydrogens (tertiary/aromatic N) is 3. The van der Waals surface area contributed by atoms with Gasteiger partial charge in [-0.15, -0.1) is 0 Å². The molecule has 0 spiro atoms. The summed E-state index contributed by atoms with van der Waals surface area (Å²) in [5.41, 5.74) is 4.13. The van der Waals surface area contributed by atoms with E-state index < -0.39 is 0 Å². The van der Waals surface area contributed by atoms with Crippen LogP contribution in [0.4, 0.5) is 0 Å². The van der Waals surface area contributed by atoms with Crippen molar-refractivity contribution in [1.82, 2.24) is 15.0 Å². The van der Waals surface area contributed by atoms with E-state index in [1.165, 1.54) is 0 Å².